The lowest BCUT2D eigenvalue weighted by molar-refractivity contribution is -0.335. The van der Waals surface area contributed by atoms with Gasteiger partial charge in [0.1, 0.15) is 5.60 Å². The predicted molar refractivity (Wildman–Crippen MR) is 55.6 cm³/mol. The lowest BCUT2D eigenvalue weighted by atomic mass is 9.89. The van der Waals surface area contributed by atoms with Crippen molar-refractivity contribution in [1.82, 2.24) is 0 Å². The second-order valence-corrected chi connectivity index (χ2v) is 4.19. The van der Waals surface area contributed by atoms with E-state index >= 15 is 0 Å². The normalized spacial score (nSPS) is 13.8. The van der Waals surface area contributed by atoms with Crippen LogP contribution >= 0.6 is 0 Å². The van der Waals surface area contributed by atoms with Gasteiger partial charge in [0.05, 0.1) is 0 Å². The second kappa shape index (κ2) is 6.02. The molecule has 84 valence electrons. The van der Waals surface area contributed by atoms with Crippen LogP contribution in [0.15, 0.2) is 0 Å². The Morgan fingerprint density at radius 3 is 2.36 bits per heavy atom. The van der Waals surface area contributed by atoms with Crippen LogP contribution in [0, 0.1) is 5.92 Å². The third-order valence-corrected chi connectivity index (χ3v) is 2.55. The Bertz CT molecular complexity index is 175. The molecule has 0 rings (SSSR count). The molecule has 0 heterocycles. The van der Waals surface area contributed by atoms with Crippen LogP contribution in [0.25, 0.3) is 0 Å². The van der Waals surface area contributed by atoms with Crippen LogP contribution in [0.1, 0.15) is 53.9 Å². The minimum atomic E-state index is -0.402. The molecule has 0 aromatic rings. The molecule has 0 fully saturated rings. The van der Waals surface area contributed by atoms with E-state index in [0.29, 0.717) is 12.3 Å². The molecule has 0 amide bonds. The quantitative estimate of drug-likeness (QED) is 0.490. The zero-order valence-electron chi connectivity index (χ0n) is 9.92. The van der Waals surface area contributed by atoms with Gasteiger partial charge in [-0.2, -0.15) is 4.89 Å². The molecule has 0 aliphatic carbocycles. The molecule has 3 nitrogen and oxygen atoms in total. The number of rotatable bonds is 6. The van der Waals surface area contributed by atoms with Crippen LogP contribution in [-0.2, 0) is 14.6 Å². The molecule has 0 aliphatic heterocycles. The molecule has 0 bridgehead atoms. The van der Waals surface area contributed by atoms with Crippen LogP contribution in [0.4, 0.5) is 0 Å². The fourth-order valence-electron chi connectivity index (χ4n) is 1.08. The van der Waals surface area contributed by atoms with Crippen molar-refractivity contribution in [2.75, 3.05) is 0 Å². The molecule has 0 N–H and O–H groups in total. The predicted octanol–water partition coefficient (Wildman–Crippen LogP) is 3.09. The van der Waals surface area contributed by atoms with Gasteiger partial charge in [-0.1, -0.05) is 27.2 Å². The van der Waals surface area contributed by atoms with Crippen molar-refractivity contribution in [2.45, 2.75) is 59.5 Å². The molecule has 0 saturated carbocycles. The van der Waals surface area contributed by atoms with Crippen LogP contribution in [0.2, 0.25) is 0 Å². The Morgan fingerprint density at radius 1 is 1.36 bits per heavy atom. The number of carbonyl (C=O) groups excluding carboxylic acids is 1. The summed E-state index contributed by atoms with van der Waals surface area (Å²) in [6.07, 6.45) is 2.52. The second-order valence-electron chi connectivity index (χ2n) is 4.19. The summed E-state index contributed by atoms with van der Waals surface area (Å²) in [7, 11) is 0. The first-order chi connectivity index (χ1) is 6.44. The van der Waals surface area contributed by atoms with Gasteiger partial charge in [-0.05, 0) is 26.2 Å². The Balaban J connectivity index is 3.99. The van der Waals surface area contributed by atoms with E-state index in [4.69, 9.17) is 4.89 Å². The lowest BCUT2D eigenvalue weighted by Gasteiger charge is -2.29. The highest BCUT2D eigenvalue weighted by Gasteiger charge is 2.28. The number of carbonyl (C=O) groups is 1. The van der Waals surface area contributed by atoms with E-state index in [9.17, 15) is 4.79 Å². The first kappa shape index (κ1) is 13.4. The van der Waals surface area contributed by atoms with Crippen LogP contribution in [0.3, 0.4) is 0 Å². The SMILES string of the molecule is CCC[C@H](C)C(C)(C)OOC(=O)CC. The summed E-state index contributed by atoms with van der Waals surface area (Å²) >= 11 is 0. The highest BCUT2D eigenvalue weighted by Crippen LogP contribution is 2.25. The van der Waals surface area contributed by atoms with Crippen LogP contribution < -0.4 is 0 Å². The largest absolute Gasteiger partial charge is 0.342 e. The molecule has 0 radical (unpaired) electrons. The van der Waals surface area contributed by atoms with Crippen molar-refractivity contribution in [3.63, 3.8) is 0 Å². The molecule has 0 unspecified atom stereocenters. The maximum absolute atomic E-state index is 10.9. The number of hydrogen-bond donors (Lipinski definition) is 0. The monoisotopic (exact) mass is 202 g/mol. The van der Waals surface area contributed by atoms with Gasteiger partial charge in [-0.15, -0.1) is 0 Å². The average Bonchev–Trinajstić information content (AvgIpc) is 2.14. The molecule has 14 heavy (non-hydrogen) atoms. The fourth-order valence-corrected chi connectivity index (χ4v) is 1.08. The Labute approximate surface area is 86.7 Å². The molecule has 3 heteroatoms. The van der Waals surface area contributed by atoms with E-state index in [1.54, 1.807) is 6.92 Å². The Hall–Kier alpha value is -0.570. The van der Waals surface area contributed by atoms with Crippen molar-refractivity contribution in [2.24, 2.45) is 5.92 Å². The van der Waals surface area contributed by atoms with Crippen LogP contribution in [-0.4, -0.2) is 11.6 Å². The van der Waals surface area contributed by atoms with Gasteiger partial charge >= 0.3 is 5.97 Å². The molecule has 0 saturated heterocycles. The van der Waals surface area contributed by atoms with Gasteiger partial charge in [0.15, 0.2) is 0 Å². The van der Waals surface area contributed by atoms with Gasteiger partial charge in [-0.25, -0.2) is 4.79 Å². The molecular formula is C11H22O3. The third-order valence-electron chi connectivity index (χ3n) is 2.55. The van der Waals surface area contributed by atoms with Crippen LogP contribution in [0.5, 0.6) is 0 Å². The summed E-state index contributed by atoms with van der Waals surface area (Å²) in [5.41, 5.74) is -0.402. The molecule has 0 aliphatic rings. The molecule has 0 spiro atoms. The smallest absolute Gasteiger partial charge is 0.298 e. The van der Waals surface area contributed by atoms with Crippen molar-refractivity contribution in [1.29, 1.82) is 0 Å². The van der Waals surface area contributed by atoms with E-state index in [1.807, 2.05) is 13.8 Å². The third kappa shape index (κ3) is 4.61. The van der Waals surface area contributed by atoms with Crippen molar-refractivity contribution >= 4 is 5.97 Å². The van der Waals surface area contributed by atoms with E-state index in [2.05, 4.69) is 18.7 Å². The first-order valence-electron chi connectivity index (χ1n) is 5.32. The lowest BCUT2D eigenvalue weighted by Crippen LogP contribution is -2.33. The van der Waals surface area contributed by atoms with E-state index in [-0.39, 0.29) is 5.97 Å². The average molecular weight is 202 g/mol. The zero-order chi connectivity index (χ0) is 11.2. The van der Waals surface area contributed by atoms with Crippen molar-refractivity contribution in [3.8, 4) is 0 Å². The van der Waals surface area contributed by atoms with E-state index in [1.165, 1.54) is 0 Å². The minimum absolute atomic E-state index is 0.318. The zero-order valence-corrected chi connectivity index (χ0v) is 9.92. The topological polar surface area (TPSA) is 35.5 Å². The van der Waals surface area contributed by atoms with Crippen molar-refractivity contribution < 1.29 is 14.6 Å². The highest BCUT2D eigenvalue weighted by atomic mass is 17.2. The summed E-state index contributed by atoms with van der Waals surface area (Å²) in [5.74, 6) is 0.0546. The molecule has 0 aromatic heterocycles. The van der Waals surface area contributed by atoms with Crippen molar-refractivity contribution in [3.05, 3.63) is 0 Å². The molecule has 1 atom stereocenters. The molecule has 0 aromatic carbocycles. The summed E-state index contributed by atoms with van der Waals surface area (Å²) in [6.45, 7) is 9.86. The van der Waals surface area contributed by atoms with Gasteiger partial charge < -0.3 is 0 Å². The maximum Gasteiger partial charge on any atom is 0.342 e. The van der Waals surface area contributed by atoms with Gasteiger partial charge in [-0.3, -0.25) is 4.89 Å². The summed E-state index contributed by atoms with van der Waals surface area (Å²) in [5, 5.41) is 0. The summed E-state index contributed by atoms with van der Waals surface area (Å²) in [6, 6.07) is 0. The Morgan fingerprint density at radius 2 is 1.93 bits per heavy atom. The maximum atomic E-state index is 10.9. The van der Waals surface area contributed by atoms with Gasteiger partial charge in [0.2, 0.25) is 0 Å². The standard InChI is InChI=1S/C11H22O3/c1-6-8-9(3)11(4,5)14-13-10(12)7-2/h9H,6-8H2,1-5H3/t9-/m0/s1. The minimum Gasteiger partial charge on any atom is -0.298 e. The molecular weight excluding hydrogens is 180 g/mol. The fraction of sp³-hybridized carbons (Fsp3) is 0.909. The summed E-state index contributed by atoms with van der Waals surface area (Å²) in [4.78, 5) is 20.7. The van der Waals surface area contributed by atoms with E-state index < -0.39 is 5.60 Å². The van der Waals surface area contributed by atoms with E-state index in [0.717, 1.165) is 12.8 Å². The summed E-state index contributed by atoms with van der Waals surface area (Å²) < 4.78 is 0. The number of hydrogen-bond acceptors (Lipinski definition) is 3. The Kier molecular flexibility index (Phi) is 5.77. The van der Waals surface area contributed by atoms with Gasteiger partial charge in [0.25, 0.3) is 0 Å². The van der Waals surface area contributed by atoms with Gasteiger partial charge in [0, 0.05) is 6.42 Å². The highest BCUT2D eigenvalue weighted by molar-refractivity contribution is 5.68. The first-order valence-corrected chi connectivity index (χ1v) is 5.32.